The third-order valence-electron chi connectivity index (χ3n) is 1.17. The zero-order valence-electron chi connectivity index (χ0n) is 6.66. The summed E-state index contributed by atoms with van der Waals surface area (Å²) in [6, 6.07) is 0. The van der Waals surface area contributed by atoms with Crippen LogP contribution in [0.25, 0.3) is 0 Å². The molecule has 64 valence electrons. The van der Waals surface area contributed by atoms with Gasteiger partial charge in [-0.15, -0.1) is 0 Å². The molecule has 0 spiro atoms. The van der Waals surface area contributed by atoms with Gasteiger partial charge in [0.2, 0.25) is 0 Å². The molecule has 0 saturated heterocycles. The maximum Gasteiger partial charge on any atom is 0.377 e. The number of aliphatic hydroxyl groups excluding tert-OH is 1. The van der Waals surface area contributed by atoms with Crippen molar-refractivity contribution in [2.45, 2.75) is 26.4 Å². The summed E-state index contributed by atoms with van der Waals surface area (Å²) in [6.45, 7) is 3.37. The minimum absolute atomic E-state index is 0.154. The molecule has 1 atom stereocenters. The summed E-state index contributed by atoms with van der Waals surface area (Å²) < 4.78 is 4.38. The lowest BCUT2D eigenvalue weighted by molar-refractivity contribution is -0.157. The van der Waals surface area contributed by atoms with E-state index >= 15 is 0 Å². The Balaban J connectivity index is 3.92. The van der Waals surface area contributed by atoms with E-state index in [4.69, 9.17) is 5.11 Å². The standard InChI is InChI=1S/C7H12O4/c1-3-5(8)6(9)7(10)11-4-2/h5,8H,3-4H2,1-2H3. The summed E-state index contributed by atoms with van der Waals surface area (Å²) in [5.41, 5.74) is 0. The molecule has 1 unspecified atom stereocenters. The topological polar surface area (TPSA) is 63.6 Å². The zero-order chi connectivity index (χ0) is 8.85. The van der Waals surface area contributed by atoms with Crippen molar-refractivity contribution in [2.75, 3.05) is 6.61 Å². The predicted octanol–water partition coefficient (Wildman–Crippen LogP) is -0.111. The summed E-state index contributed by atoms with van der Waals surface area (Å²) in [5.74, 6) is -1.82. The third kappa shape index (κ3) is 3.13. The Bertz CT molecular complexity index is 153. The Morgan fingerprint density at radius 3 is 2.36 bits per heavy atom. The fraction of sp³-hybridized carbons (Fsp3) is 0.714. The molecule has 11 heavy (non-hydrogen) atoms. The molecule has 0 rings (SSSR count). The molecule has 4 heteroatoms. The first kappa shape index (κ1) is 10.1. The maximum absolute atomic E-state index is 10.7. The van der Waals surface area contributed by atoms with Crippen LogP contribution in [-0.2, 0) is 14.3 Å². The molecule has 0 aromatic heterocycles. The molecule has 0 aliphatic rings. The van der Waals surface area contributed by atoms with Gasteiger partial charge in [-0.3, -0.25) is 4.79 Å². The van der Waals surface area contributed by atoms with Gasteiger partial charge in [0, 0.05) is 0 Å². The molecule has 0 bridgehead atoms. The maximum atomic E-state index is 10.7. The van der Waals surface area contributed by atoms with Gasteiger partial charge in [0.15, 0.2) is 0 Å². The van der Waals surface area contributed by atoms with Gasteiger partial charge in [-0.2, -0.15) is 0 Å². The Kier molecular flexibility index (Phi) is 4.45. The second kappa shape index (κ2) is 4.85. The number of hydrogen-bond donors (Lipinski definition) is 1. The first-order valence-corrected chi connectivity index (χ1v) is 3.52. The number of esters is 1. The van der Waals surface area contributed by atoms with E-state index < -0.39 is 17.9 Å². The van der Waals surface area contributed by atoms with Gasteiger partial charge in [0.05, 0.1) is 6.61 Å². The molecule has 0 saturated carbocycles. The number of carbonyl (C=O) groups is 2. The zero-order valence-corrected chi connectivity index (χ0v) is 6.66. The lowest BCUT2D eigenvalue weighted by Gasteiger charge is -2.04. The van der Waals surface area contributed by atoms with Crippen LogP contribution < -0.4 is 0 Å². The van der Waals surface area contributed by atoms with Gasteiger partial charge >= 0.3 is 5.97 Å². The normalized spacial score (nSPS) is 12.3. The van der Waals surface area contributed by atoms with Gasteiger partial charge in [-0.25, -0.2) is 4.79 Å². The Morgan fingerprint density at radius 2 is 2.00 bits per heavy atom. The van der Waals surface area contributed by atoms with Crippen LogP contribution in [-0.4, -0.2) is 29.6 Å². The second-order valence-electron chi connectivity index (χ2n) is 2.01. The molecule has 4 nitrogen and oxygen atoms in total. The number of rotatable bonds is 4. The highest BCUT2D eigenvalue weighted by Crippen LogP contribution is 1.93. The Hall–Kier alpha value is -0.900. The number of hydrogen-bond acceptors (Lipinski definition) is 4. The summed E-state index contributed by atoms with van der Waals surface area (Å²) in [6.07, 6.45) is -0.980. The van der Waals surface area contributed by atoms with E-state index in [9.17, 15) is 9.59 Å². The van der Waals surface area contributed by atoms with E-state index in [2.05, 4.69) is 4.74 Å². The minimum Gasteiger partial charge on any atom is -0.460 e. The van der Waals surface area contributed by atoms with E-state index in [0.717, 1.165) is 0 Å². The largest absolute Gasteiger partial charge is 0.460 e. The summed E-state index contributed by atoms with van der Waals surface area (Å²) >= 11 is 0. The number of carbonyl (C=O) groups excluding carboxylic acids is 2. The SMILES string of the molecule is CCOC(=O)C(=O)C(O)CC. The van der Waals surface area contributed by atoms with Crippen molar-refractivity contribution in [2.24, 2.45) is 0 Å². The lowest BCUT2D eigenvalue weighted by atomic mass is 10.2. The molecule has 1 N–H and O–H groups in total. The first-order chi connectivity index (χ1) is 5.13. The molecule has 0 aliphatic carbocycles. The predicted molar refractivity (Wildman–Crippen MR) is 37.9 cm³/mol. The van der Waals surface area contributed by atoms with Crippen molar-refractivity contribution in [1.82, 2.24) is 0 Å². The van der Waals surface area contributed by atoms with Crippen LogP contribution >= 0.6 is 0 Å². The monoisotopic (exact) mass is 160 g/mol. The van der Waals surface area contributed by atoms with E-state index in [1.165, 1.54) is 0 Å². The highest BCUT2D eigenvalue weighted by atomic mass is 16.5. The van der Waals surface area contributed by atoms with Gasteiger partial charge in [-0.05, 0) is 13.3 Å². The number of ether oxygens (including phenoxy) is 1. The van der Waals surface area contributed by atoms with Gasteiger partial charge in [0.1, 0.15) is 6.10 Å². The summed E-state index contributed by atoms with van der Waals surface area (Å²) in [7, 11) is 0. The van der Waals surface area contributed by atoms with Crippen molar-refractivity contribution in [3.05, 3.63) is 0 Å². The van der Waals surface area contributed by atoms with Crippen LogP contribution in [0.4, 0.5) is 0 Å². The van der Waals surface area contributed by atoms with Crippen LogP contribution in [0.3, 0.4) is 0 Å². The average molecular weight is 160 g/mol. The average Bonchev–Trinajstić information content (AvgIpc) is 2.02. The second-order valence-corrected chi connectivity index (χ2v) is 2.01. The molecule has 0 aromatic rings. The van der Waals surface area contributed by atoms with Gasteiger partial charge in [0.25, 0.3) is 5.78 Å². The van der Waals surface area contributed by atoms with Crippen LogP contribution in [0.15, 0.2) is 0 Å². The Morgan fingerprint density at radius 1 is 1.45 bits per heavy atom. The van der Waals surface area contributed by atoms with Crippen molar-refractivity contribution in [3.63, 3.8) is 0 Å². The van der Waals surface area contributed by atoms with Gasteiger partial charge < -0.3 is 9.84 Å². The van der Waals surface area contributed by atoms with E-state index in [-0.39, 0.29) is 13.0 Å². The first-order valence-electron chi connectivity index (χ1n) is 3.52. The third-order valence-corrected chi connectivity index (χ3v) is 1.17. The minimum atomic E-state index is -1.21. The van der Waals surface area contributed by atoms with E-state index in [1.807, 2.05) is 0 Å². The molecule has 0 aliphatic heterocycles. The molecular formula is C7H12O4. The van der Waals surface area contributed by atoms with Crippen molar-refractivity contribution in [3.8, 4) is 0 Å². The van der Waals surface area contributed by atoms with Crippen molar-refractivity contribution >= 4 is 11.8 Å². The van der Waals surface area contributed by atoms with Gasteiger partial charge in [-0.1, -0.05) is 6.92 Å². The molecule has 0 heterocycles. The fourth-order valence-corrected chi connectivity index (χ4v) is 0.524. The summed E-state index contributed by atoms with van der Waals surface area (Å²) in [5, 5.41) is 8.87. The van der Waals surface area contributed by atoms with Crippen molar-refractivity contribution in [1.29, 1.82) is 0 Å². The highest BCUT2D eigenvalue weighted by Gasteiger charge is 2.22. The highest BCUT2D eigenvalue weighted by molar-refractivity contribution is 6.35. The number of Topliss-reactive ketones (excluding diaryl/α,β-unsaturated/α-hetero) is 1. The van der Waals surface area contributed by atoms with E-state index in [1.54, 1.807) is 13.8 Å². The Labute approximate surface area is 65.2 Å². The number of ketones is 1. The fourth-order valence-electron chi connectivity index (χ4n) is 0.524. The summed E-state index contributed by atoms with van der Waals surface area (Å²) in [4.78, 5) is 21.4. The number of aliphatic hydroxyl groups is 1. The lowest BCUT2D eigenvalue weighted by Crippen LogP contribution is -2.29. The van der Waals surface area contributed by atoms with Crippen LogP contribution in [0.2, 0.25) is 0 Å². The molecule has 0 amide bonds. The van der Waals surface area contributed by atoms with Crippen LogP contribution in [0, 0.1) is 0 Å². The molecule has 0 aromatic carbocycles. The van der Waals surface area contributed by atoms with Crippen LogP contribution in [0.1, 0.15) is 20.3 Å². The smallest absolute Gasteiger partial charge is 0.377 e. The quantitative estimate of drug-likeness (QED) is 0.460. The molecule has 0 radical (unpaired) electrons. The molecule has 0 fully saturated rings. The van der Waals surface area contributed by atoms with Crippen molar-refractivity contribution < 1.29 is 19.4 Å². The van der Waals surface area contributed by atoms with E-state index in [0.29, 0.717) is 0 Å². The molecular weight excluding hydrogens is 148 g/mol. The van der Waals surface area contributed by atoms with Crippen LogP contribution in [0.5, 0.6) is 0 Å².